The number of carbonyl (C=O) groups excluding carboxylic acids is 1. The molecular formula is C19H22O5. The molecule has 2 atom stereocenters. The number of hydrogen-bond acceptors (Lipinski definition) is 5. The van der Waals surface area contributed by atoms with Crippen molar-refractivity contribution in [2.45, 2.75) is 12.0 Å². The molecule has 0 radical (unpaired) electrons. The SMILES string of the molecule is COC(=O)C(c1ccc(OC)cc1OC)C(OC)c1ccccc1. The summed E-state index contributed by atoms with van der Waals surface area (Å²) in [5.41, 5.74) is 1.56. The highest BCUT2D eigenvalue weighted by molar-refractivity contribution is 5.80. The number of esters is 1. The van der Waals surface area contributed by atoms with Crippen molar-refractivity contribution in [3.63, 3.8) is 0 Å². The molecule has 5 heteroatoms. The quantitative estimate of drug-likeness (QED) is 0.729. The molecule has 0 amide bonds. The van der Waals surface area contributed by atoms with Crippen LogP contribution in [-0.2, 0) is 14.3 Å². The van der Waals surface area contributed by atoms with Gasteiger partial charge >= 0.3 is 5.97 Å². The molecule has 0 aliphatic rings. The highest BCUT2D eigenvalue weighted by atomic mass is 16.5. The molecule has 128 valence electrons. The average molecular weight is 330 g/mol. The monoisotopic (exact) mass is 330 g/mol. The zero-order valence-corrected chi connectivity index (χ0v) is 14.3. The van der Waals surface area contributed by atoms with Gasteiger partial charge in [0, 0.05) is 18.7 Å². The van der Waals surface area contributed by atoms with Gasteiger partial charge in [0.25, 0.3) is 0 Å². The van der Waals surface area contributed by atoms with Crippen LogP contribution in [0.25, 0.3) is 0 Å². The van der Waals surface area contributed by atoms with E-state index in [0.29, 0.717) is 17.1 Å². The molecule has 0 aliphatic carbocycles. The Labute approximate surface area is 142 Å². The van der Waals surface area contributed by atoms with Gasteiger partial charge in [-0.15, -0.1) is 0 Å². The summed E-state index contributed by atoms with van der Waals surface area (Å²) in [6.07, 6.45) is -0.499. The molecule has 2 unspecified atom stereocenters. The van der Waals surface area contributed by atoms with Crippen molar-refractivity contribution in [2.75, 3.05) is 28.4 Å². The molecule has 0 aromatic heterocycles. The largest absolute Gasteiger partial charge is 0.497 e. The fraction of sp³-hybridized carbons (Fsp3) is 0.316. The van der Waals surface area contributed by atoms with Crippen molar-refractivity contribution < 1.29 is 23.7 Å². The molecule has 2 rings (SSSR count). The molecule has 2 aromatic rings. The normalized spacial score (nSPS) is 13.0. The van der Waals surface area contributed by atoms with E-state index >= 15 is 0 Å². The van der Waals surface area contributed by atoms with Gasteiger partial charge in [-0.1, -0.05) is 36.4 Å². The lowest BCUT2D eigenvalue weighted by Crippen LogP contribution is -2.23. The van der Waals surface area contributed by atoms with Gasteiger partial charge in [-0.3, -0.25) is 4.79 Å². The second-order valence-corrected chi connectivity index (χ2v) is 5.18. The van der Waals surface area contributed by atoms with Gasteiger partial charge < -0.3 is 18.9 Å². The Kier molecular flexibility index (Phi) is 6.21. The Balaban J connectivity index is 2.55. The van der Waals surface area contributed by atoms with Crippen molar-refractivity contribution in [1.29, 1.82) is 0 Å². The van der Waals surface area contributed by atoms with Crippen LogP contribution in [0.1, 0.15) is 23.1 Å². The van der Waals surface area contributed by atoms with Crippen LogP contribution in [-0.4, -0.2) is 34.4 Å². The zero-order chi connectivity index (χ0) is 17.5. The molecule has 0 bridgehead atoms. The Bertz CT molecular complexity index is 669. The van der Waals surface area contributed by atoms with Crippen molar-refractivity contribution >= 4 is 5.97 Å². The highest BCUT2D eigenvalue weighted by Crippen LogP contribution is 2.40. The molecule has 0 fully saturated rings. The third-order valence-corrected chi connectivity index (χ3v) is 3.92. The maximum atomic E-state index is 12.5. The molecule has 24 heavy (non-hydrogen) atoms. The predicted octanol–water partition coefficient (Wildman–Crippen LogP) is 3.35. The predicted molar refractivity (Wildman–Crippen MR) is 90.5 cm³/mol. The molecule has 0 spiro atoms. The fourth-order valence-electron chi connectivity index (χ4n) is 2.72. The van der Waals surface area contributed by atoms with Crippen LogP contribution in [0.15, 0.2) is 48.5 Å². The summed E-state index contributed by atoms with van der Waals surface area (Å²) in [5.74, 6) is 0.132. The van der Waals surface area contributed by atoms with E-state index in [1.807, 2.05) is 30.3 Å². The van der Waals surface area contributed by atoms with Crippen molar-refractivity contribution in [1.82, 2.24) is 0 Å². The third kappa shape index (κ3) is 3.68. The summed E-state index contributed by atoms with van der Waals surface area (Å²) in [4.78, 5) is 12.5. The Hall–Kier alpha value is -2.53. The standard InChI is InChI=1S/C19H22O5/c1-21-14-10-11-15(16(12-14)22-2)17(19(20)24-4)18(23-3)13-8-6-5-7-9-13/h5-12,17-18H,1-4H3. The van der Waals surface area contributed by atoms with Crippen molar-refractivity contribution in [3.8, 4) is 11.5 Å². The van der Waals surface area contributed by atoms with Crippen LogP contribution in [0, 0.1) is 0 Å². The van der Waals surface area contributed by atoms with E-state index in [0.717, 1.165) is 5.56 Å². The van der Waals surface area contributed by atoms with Gasteiger partial charge in [0.1, 0.15) is 17.4 Å². The van der Waals surface area contributed by atoms with E-state index in [1.165, 1.54) is 7.11 Å². The van der Waals surface area contributed by atoms with Crippen LogP contribution in [0.3, 0.4) is 0 Å². The van der Waals surface area contributed by atoms with Crippen LogP contribution < -0.4 is 9.47 Å². The first-order valence-corrected chi connectivity index (χ1v) is 7.53. The molecule has 2 aromatic carbocycles. The molecule has 0 N–H and O–H groups in total. The van der Waals surface area contributed by atoms with Gasteiger partial charge in [-0.25, -0.2) is 0 Å². The maximum Gasteiger partial charge on any atom is 0.316 e. The molecule has 0 aliphatic heterocycles. The minimum atomic E-state index is -0.664. The third-order valence-electron chi connectivity index (χ3n) is 3.92. The summed E-state index contributed by atoms with van der Waals surface area (Å²) >= 11 is 0. The molecule has 0 saturated carbocycles. The molecular weight excluding hydrogens is 308 g/mol. The number of carbonyl (C=O) groups is 1. The minimum absolute atomic E-state index is 0.394. The summed E-state index contributed by atoms with van der Waals surface area (Å²) in [6, 6.07) is 14.9. The van der Waals surface area contributed by atoms with E-state index in [2.05, 4.69) is 0 Å². The maximum absolute atomic E-state index is 12.5. The molecule has 0 saturated heterocycles. The highest BCUT2D eigenvalue weighted by Gasteiger charge is 2.34. The van der Waals surface area contributed by atoms with Gasteiger partial charge in [0.2, 0.25) is 0 Å². The molecule has 5 nitrogen and oxygen atoms in total. The summed E-state index contributed by atoms with van der Waals surface area (Å²) in [7, 11) is 6.07. The molecule has 0 heterocycles. The summed E-state index contributed by atoms with van der Waals surface area (Å²) in [5, 5.41) is 0. The lowest BCUT2D eigenvalue weighted by molar-refractivity contribution is -0.146. The summed E-state index contributed by atoms with van der Waals surface area (Å²) in [6.45, 7) is 0. The fourth-order valence-corrected chi connectivity index (χ4v) is 2.72. The first-order chi connectivity index (χ1) is 11.7. The van der Waals surface area contributed by atoms with Gasteiger partial charge in [0.05, 0.1) is 27.4 Å². The smallest absolute Gasteiger partial charge is 0.316 e. The first kappa shape index (κ1) is 17.8. The van der Waals surface area contributed by atoms with E-state index in [1.54, 1.807) is 39.5 Å². The number of rotatable bonds is 7. The average Bonchev–Trinajstić information content (AvgIpc) is 2.65. The Morgan fingerprint density at radius 1 is 0.917 bits per heavy atom. The van der Waals surface area contributed by atoms with E-state index in [4.69, 9.17) is 18.9 Å². The van der Waals surface area contributed by atoms with Crippen LogP contribution in [0.4, 0.5) is 0 Å². The van der Waals surface area contributed by atoms with Gasteiger partial charge in [-0.2, -0.15) is 0 Å². The number of hydrogen-bond donors (Lipinski definition) is 0. The number of ether oxygens (including phenoxy) is 4. The van der Waals surface area contributed by atoms with E-state index < -0.39 is 18.0 Å². The number of methoxy groups -OCH3 is 4. The second kappa shape index (κ2) is 8.36. The zero-order valence-electron chi connectivity index (χ0n) is 14.3. The Morgan fingerprint density at radius 3 is 2.17 bits per heavy atom. The summed E-state index contributed by atoms with van der Waals surface area (Å²) < 4.78 is 21.3. The number of benzene rings is 2. The van der Waals surface area contributed by atoms with Gasteiger partial charge in [0.15, 0.2) is 0 Å². The van der Waals surface area contributed by atoms with Crippen LogP contribution >= 0.6 is 0 Å². The van der Waals surface area contributed by atoms with E-state index in [9.17, 15) is 4.79 Å². The lowest BCUT2D eigenvalue weighted by atomic mass is 9.88. The van der Waals surface area contributed by atoms with Crippen molar-refractivity contribution in [2.24, 2.45) is 0 Å². The van der Waals surface area contributed by atoms with Gasteiger partial charge in [-0.05, 0) is 11.6 Å². The van der Waals surface area contributed by atoms with Crippen molar-refractivity contribution in [3.05, 3.63) is 59.7 Å². The van der Waals surface area contributed by atoms with Crippen LogP contribution in [0.5, 0.6) is 11.5 Å². The second-order valence-electron chi connectivity index (χ2n) is 5.18. The van der Waals surface area contributed by atoms with E-state index in [-0.39, 0.29) is 0 Å². The minimum Gasteiger partial charge on any atom is -0.497 e. The topological polar surface area (TPSA) is 54.0 Å². The van der Waals surface area contributed by atoms with Crippen LogP contribution in [0.2, 0.25) is 0 Å². The first-order valence-electron chi connectivity index (χ1n) is 7.53. The Morgan fingerprint density at radius 2 is 1.62 bits per heavy atom. The lowest BCUT2D eigenvalue weighted by Gasteiger charge is -2.26.